The van der Waals surface area contributed by atoms with E-state index in [1.54, 1.807) is 18.2 Å². The standard InChI is InChI=1S/C10H12N2O2/c11-8(5-13)10-4-6-3-7(14)1-2-9(6)12-10/h1-4,8,12-14H,5,11H2/t8-/m0/s1. The van der Waals surface area contributed by atoms with Crippen LogP contribution in [0.15, 0.2) is 24.3 Å². The Morgan fingerprint density at radius 1 is 1.36 bits per heavy atom. The quantitative estimate of drug-likeness (QED) is 0.569. The molecule has 4 nitrogen and oxygen atoms in total. The molecule has 14 heavy (non-hydrogen) atoms. The van der Waals surface area contributed by atoms with E-state index in [1.165, 1.54) is 0 Å². The third kappa shape index (κ3) is 1.45. The molecule has 0 bridgehead atoms. The first kappa shape index (κ1) is 9.05. The number of aliphatic hydroxyl groups is 1. The molecule has 2 aromatic rings. The zero-order chi connectivity index (χ0) is 10.1. The predicted molar refractivity (Wildman–Crippen MR) is 54.0 cm³/mol. The Morgan fingerprint density at radius 3 is 2.86 bits per heavy atom. The van der Waals surface area contributed by atoms with Crippen LogP contribution in [-0.4, -0.2) is 21.8 Å². The number of aliphatic hydroxyl groups excluding tert-OH is 1. The summed E-state index contributed by atoms with van der Waals surface area (Å²) in [5, 5.41) is 19.0. The molecule has 0 aliphatic carbocycles. The molecule has 0 fully saturated rings. The van der Waals surface area contributed by atoms with E-state index in [9.17, 15) is 5.11 Å². The molecule has 1 heterocycles. The van der Waals surface area contributed by atoms with Crippen LogP contribution in [0, 0.1) is 0 Å². The molecule has 0 radical (unpaired) electrons. The summed E-state index contributed by atoms with van der Waals surface area (Å²) in [6.07, 6.45) is 0. The number of phenolic OH excluding ortho intramolecular Hbond substituents is 1. The summed E-state index contributed by atoms with van der Waals surface area (Å²) in [7, 11) is 0. The van der Waals surface area contributed by atoms with E-state index in [4.69, 9.17) is 10.8 Å². The van der Waals surface area contributed by atoms with Crippen LogP contribution in [0.5, 0.6) is 5.75 Å². The van der Waals surface area contributed by atoms with Crippen molar-refractivity contribution in [2.75, 3.05) is 6.61 Å². The Bertz CT molecular complexity index is 450. The van der Waals surface area contributed by atoms with E-state index in [-0.39, 0.29) is 12.4 Å². The van der Waals surface area contributed by atoms with Crippen LogP contribution in [0.25, 0.3) is 10.9 Å². The molecular formula is C10H12N2O2. The van der Waals surface area contributed by atoms with Crippen LogP contribution < -0.4 is 5.73 Å². The van der Waals surface area contributed by atoms with Crippen molar-refractivity contribution < 1.29 is 10.2 Å². The maximum absolute atomic E-state index is 9.24. The minimum Gasteiger partial charge on any atom is -0.508 e. The van der Waals surface area contributed by atoms with Crippen LogP contribution in [0.1, 0.15) is 11.7 Å². The number of nitrogens with two attached hydrogens (primary N) is 1. The van der Waals surface area contributed by atoms with E-state index >= 15 is 0 Å². The fraction of sp³-hybridized carbons (Fsp3) is 0.200. The molecular weight excluding hydrogens is 180 g/mol. The fourth-order valence-electron chi connectivity index (χ4n) is 1.44. The monoisotopic (exact) mass is 192 g/mol. The summed E-state index contributed by atoms with van der Waals surface area (Å²) in [5.74, 6) is 0.223. The van der Waals surface area contributed by atoms with Crippen molar-refractivity contribution in [3.05, 3.63) is 30.0 Å². The number of benzene rings is 1. The summed E-state index contributed by atoms with van der Waals surface area (Å²) in [5.41, 5.74) is 7.33. The minimum atomic E-state index is -0.399. The van der Waals surface area contributed by atoms with Crippen LogP contribution in [0.3, 0.4) is 0 Å². The second-order valence-corrected chi connectivity index (χ2v) is 3.29. The average Bonchev–Trinajstić information content (AvgIpc) is 2.59. The highest BCUT2D eigenvalue weighted by Crippen LogP contribution is 2.22. The van der Waals surface area contributed by atoms with E-state index in [0.717, 1.165) is 16.6 Å². The normalized spacial score (nSPS) is 13.3. The van der Waals surface area contributed by atoms with Crippen LogP contribution in [-0.2, 0) is 0 Å². The van der Waals surface area contributed by atoms with Gasteiger partial charge in [-0.2, -0.15) is 0 Å². The molecule has 0 aliphatic heterocycles. The molecule has 2 rings (SSSR count). The second-order valence-electron chi connectivity index (χ2n) is 3.29. The van der Waals surface area contributed by atoms with Crippen LogP contribution >= 0.6 is 0 Å². The number of nitrogens with one attached hydrogen (secondary N) is 1. The largest absolute Gasteiger partial charge is 0.508 e. The number of rotatable bonds is 2. The topological polar surface area (TPSA) is 82.3 Å². The zero-order valence-electron chi connectivity index (χ0n) is 7.57. The number of phenols is 1. The fourth-order valence-corrected chi connectivity index (χ4v) is 1.44. The van der Waals surface area contributed by atoms with E-state index in [2.05, 4.69) is 4.98 Å². The highest BCUT2D eigenvalue weighted by Gasteiger charge is 2.07. The third-order valence-corrected chi connectivity index (χ3v) is 2.22. The summed E-state index contributed by atoms with van der Waals surface area (Å²) in [6.45, 7) is -0.0984. The lowest BCUT2D eigenvalue weighted by Gasteiger charge is -2.03. The van der Waals surface area contributed by atoms with Crippen molar-refractivity contribution in [1.82, 2.24) is 4.98 Å². The van der Waals surface area contributed by atoms with E-state index in [1.807, 2.05) is 6.07 Å². The van der Waals surface area contributed by atoms with Gasteiger partial charge in [-0.3, -0.25) is 0 Å². The number of fused-ring (bicyclic) bond motifs is 1. The predicted octanol–water partition coefficient (Wildman–Crippen LogP) is 0.866. The summed E-state index contributed by atoms with van der Waals surface area (Å²) in [6, 6.07) is 6.46. The van der Waals surface area contributed by atoms with Gasteiger partial charge >= 0.3 is 0 Å². The minimum absolute atomic E-state index is 0.0984. The van der Waals surface area contributed by atoms with Gasteiger partial charge in [-0.25, -0.2) is 0 Å². The van der Waals surface area contributed by atoms with Crippen molar-refractivity contribution in [3.63, 3.8) is 0 Å². The van der Waals surface area contributed by atoms with Crippen molar-refractivity contribution >= 4 is 10.9 Å². The van der Waals surface area contributed by atoms with Gasteiger partial charge in [-0.1, -0.05) is 0 Å². The zero-order valence-corrected chi connectivity index (χ0v) is 7.57. The van der Waals surface area contributed by atoms with Crippen LogP contribution in [0.4, 0.5) is 0 Å². The lowest BCUT2D eigenvalue weighted by Crippen LogP contribution is -2.14. The number of hydrogen-bond acceptors (Lipinski definition) is 3. The molecule has 0 unspecified atom stereocenters. The first-order valence-electron chi connectivity index (χ1n) is 4.39. The van der Waals surface area contributed by atoms with E-state index in [0.29, 0.717) is 0 Å². The SMILES string of the molecule is N[C@@H](CO)c1cc2cc(O)ccc2[nH]1. The number of H-pyrrole nitrogens is 1. The molecule has 0 spiro atoms. The maximum Gasteiger partial charge on any atom is 0.116 e. The van der Waals surface area contributed by atoms with Gasteiger partial charge in [0.2, 0.25) is 0 Å². The van der Waals surface area contributed by atoms with Crippen molar-refractivity contribution in [3.8, 4) is 5.75 Å². The Balaban J connectivity index is 2.51. The van der Waals surface area contributed by atoms with Gasteiger partial charge < -0.3 is 20.9 Å². The van der Waals surface area contributed by atoms with Crippen molar-refractivity contribution in [2.24, 2.45) is 5.73 Å². The molecule has 0 amide bonds. The van der Waals surface area contributed by atoms with Crippen molar-refractivity contribution in [1.29, 1.82) is 0 Å². The third-order valence-electron chi connectivity index (χ3n) is 2.22. The number of aromatic amines is 1. The van der Waals surface area contributed by atoms with Gasteiger partial charge in [0.05, 0.1) is 12.6 Å². The molecule has 74 valence electrons. The van der Waals surface area contributed by atoms with Gasteiger partial charge in [0.25, 0.3) is 0 Å². The van der Waals surface area contributed by atoms with Gasteiger partial charge in [-0.15, -0.1) is 0 Å². The highest BCUT2D eigenvalue weighted by atomic mass is 16.3. The number of aromatic nitrogens is 1. The lowest BCUT2D eigenvalue weighted by atomic mass is 10.2. The van der Waals surface area contributed by atoms with Gasteiger partial charge in [0, 0.05) is 16.6 Å². The van der Waals surface area contributed by atoms with Crippen LogP contribution in [0.2, 0.25) is 0 Å². The lowest BCUT2D eigenvalue weighted by molar-refractivity contribution is 0.266. The first-order chi connectivity index (χ1) is 6.70. The molecule has 0 saturated heterocycles. The summed E-state index contributed by atoms with van der Waals surface area (Å²) >= 11 is 0. The Morgan fingerprint density at radius 2 is 2.14 bits per heavy atom. The molecule has 5 N–H and O–H groups in total. The smallest absolute Gasteiger partial charge is 0.116 e. The number of hydrogen-bond donors (Lipinski definition) is 4. The van der Waals surface area contributed by atoms with Gasteiger partial charge in [-0.05, 0) is 24.3 Å². The first-order valence-corrected chi connectivity index (χ1v) is 4.39. The Kier molecular flexibility index (Phi) is 2.15. The van der Waals surface area contributed by atoms with Crippen molar-refractivity contribution in [2.45, 2.75) is 6.04 Å². The molecule has 1 aromatic heterocycles. The molecule has 1 aromatic carbocycles. The second kappa shape index (κ2) is 3.32. The average molecular weight is 192 g/mol. The number of aromatic hydroxyl groups is 1. The molecule has 0 saturated carbocycles. The molecule has 1 atom stereocenters. The summed E-state index contributed by atoms with van der Waals surface area (Å²) < 4.78 is 0. The van der Waals surface area contributed by atoms with Gasteiger partial charge in [0.1, 0.15) is 5.75 Å². The highest BCUT2D eigenvalue weighted by molar-refractivity contribution is 5.81. The molecule has 0 aliphatic rings. The molecule has 4 heteroatoms. The Labute approximate surface area is 81.0 Å². The van der Waals surface area contributed by atoms with Gasteiger partial charge in [0.15, 0.2) is 0 Å². The Hall–Kier alpha value is -1.52. The van der Waals surface area contributed by atoms with E-state index < -0.39 is 6.04 Å². The maximum atomic E-state index is 9.24. The summed E-state index contributed by atoms with van der Waals surface area (Å²) in [4.78, 5) is 3.08.